The van der Waals surface area contributed by atoms with E-state index >= 15 is 0 Å². The molecular formula is C15H15N4. The number of aromatic amines is 1. The maximum absolute atomic E-state index is 4.73. The molecular weight excluding hydrogens is 236 g/mol. The van der Waals surface area contributed by atoms with E-state index in [4.69, 9.17) is 4.99 Å². The molecule has 0 spiro atoms. The summed E-state index contributed by atoms with van der Waals surface area (Å²) < 4.78 is 0. The van der Waals surface area contributed by atoms with Crippen molar-refractivity contribution >= 4 is 12.1 Å². The summed E-state index contributed by atoms with van der Waals surface area (Å²) in [7, 11) is 0. The lowest BCUT2D eigenvalue weighted by atomic mass is 9.90. The van der Waals surface area contributed by atoms with Crippen LogP contribution >= 0.6 is 0 Å². The lowest BCUT2D eigenvalue weighted by Crippen LogP contribution is -2.28. The number of imidazole rings is 1. The van der Waals surface area contributed by atoms with Gasteiger partial charge in [0.05, 0.1) is 6.33 Å². The Kier molecular flexibility index (Phi) is 2.99. The molecule has 1 aliphatic heterocycles. The number of aliphatic imine (C=N–C) groups is 2. The maximum atomic E-state index is 4.73. The molecule has 1 aliphatic rings. The molecule has 4 nitrogen and oxygen atoms in total. The third-order valence-corrected chi connectivity index (χ3v) is 3.27. The molecule has 1 atom stereocenters. The molecule has 1 aromatic heterocycles. The highest BCUT2D eigenvalue weighted by molar-refractivity contribution is 6.07. The molecule has 4 heteroatoms. The number of benzene rings is 1. The maximum Gasteiger partial charge on any atom is 0.175 e. The molecule has 19 heavy (non-hydrogen) atoms. The van der Waals surface area contributed by atoms with E-state index in [9.17, 15) is 0 Å². The van der Waals surface area contributed by atoms with Crippen LogP contribution in [0.3, 0.4) is 0 Å². The Morgan fingerprint density at radius 1 is 1.21 bits per heavy atom. The van der Waals surface area contributed by atoms with Crippen LogP contribution in [0.25, 0.3) is 0 Å². The van der Waals surface area contributed by atoms with E-state index in [1.807, 2.05) is 24.4 Å². The molecule has 1 radical (unpaired) electrons. The SMILES string of the molecule is [CH2]CC1(Cc2ccccc2)C=NC(c2c[nH]cn2)=N1. The summed E-state index contributed by atoms with van der Waals surface area (Å²) in [6, 6.07) is 10.3. The predicted octanol–water partition coefficient (Wildman–Crippen LogP) is 2.45. The van der Waals surface area contributed by atoms with Gasteiger partial charge in [0.2, 0.25) is 0 Å². The van der Waals surface area contributed by atoms with E-state index in [1.54, 1.807) is 12.5 Å². The zero-order valence-corrected chi connectivity index (χ0v) is 10.6. The summed E-state index contributed by atoms with van der Waals surface area (Å²) in [5.74, 6) is 0.681. The van der Waals surface area contributed by atoms with Crippen LogP contribution in [0.15, 0.2) is 52.8 Å². The second-order valence-electron chi connectivity index (χ2n) is 4.66. The summed E-state index contributed by atoms with van der Waals surface area (Å²) in [6.07, 6.45) is 6.83. The van der Waals surface area contributed by atoms with E-state index in [1.165, 1.54) is 5.56 Å². The minimum Gasteiger partial charge on any atom is -0.350 e. The van der Waals surface area contributed by atoms with E-state index in [0.717, 1.165) is 12.1 Å². The standard InChI is InChI=1S/C15H15N4/c1-2-15(8-12-6-4-3-5-7-12)10-17-14(19-15)13-9-16-11-18-13/h3-7,9-11H,1-2,8H2,(H,16,18). The quantitative estimate of drug-likeness (QED) is 0.891. The van der Waals surface area contributed by atoms with Crippen LogP contribution < -0.4 is 0 Å². The molecule has 1 unspecified atom stereocenters. The lowest BCUT2D eigenvalue weighted by molar-refractivity contribution is 0.591. The Morgan fingerprint density at radius 3 is 2.74 bits per heavy atom. The first-order chi connectivity index (χ1) is 9.31. The number of amidine groups is 1. The molecule has 0 bridgehead atoms. The Labute approximate surface area is 112 Å². The molecule has 0 saturated carbocycles. The topological polar surface area (TPSA) is 53.4 Å². The number of H-pyrrole nitrogens is 1. The predicted molar refractivity (Wildman–Crippen MR) is 76.5 cm³/mol. The molecule has 0 aliphatic carbocycles. The van der Waals surface area contributed by atoms with Crippen molar-refractivity contribution in [1.29, 1.82) is 0 Å². The van der Waals surface area contributed by atoms with Crippen LogP contribution in [0, 0.1) is 6.92 Å². The monoisotopic (exact) mass is 251 g/mol. The van der Waals surface area contributed by atoms with Crippen LogP contribution in [0.1, 0.15) is 17.7 Å². The molecule has 95 valence electrons. The summed E-state index contributed by atoms with van der Waals surface area (Å²) in [5, 5.41) is 0. The Bertz CT molecular complexity index is 598. The summed E-state index contributed by atoms with van der Waals surface area (Å²) >= 11 is 0. The van der Waals surface area contributed by atoms with Gasteiger partial charge in [-0.1, -0.05) is 37.3 Å². The average molecular weight is 251 g/mol. The van der Waals surface area contributed by atoms with Crippen LogP contribution in [-0.2, 0) is 6.42 Å². The minimum absolute atomic E-state index is 0.338. The number of nitrogens with one attached hydrogen (secondary N) is 1. The fourth-order valence-electron chi connectivity index (χ4n) is 2.20. The minimum atomic E-state index is -0.338. The number of nitrogens with zero attached hydrogens (tertiary/aromatic N) is 3. The Morgan fingerprint density at radius 2 is 2.05 bits per heavy atom. The van der Waals surface area contributed by atoms with Gasteiger partial charge in [-0.05, 0) is 12.0 Å². The van der Waals surface area contributed by atoms with Gasteiger partial charge in [-0.25, -0.2) is 9.98 Å². The van der Waals surface area contributed by atoms with Gasteiger partial charge in [-0.15, -0.1) is 0 Å². The number of hydrogen-bond acceptors (Lipinski definition) is 3. The van der Waals surface area contributed by atoms with Gasteiger partial charge >= 0.3 is 0 Å². The van der Waals surface area contributed by atoms with Crippen molar-refractivity contribution in [3.8, 4) is 0 Å². The lowest BCUT2D eigenvalue weighted by Gasteiger charge is -2.20. The van der Waals surface area contributed by atoms with E-state index in [2.05, 4.69) is 34.0 Å². The molecule has 0 amide bonds. The van der Waals surface area contributed by atoms with Gasteiger partial charge in [0, 0.05) is 18.8 Å². The van der Waals surface area contributed by atoms with Gasteiger partial charge in [0.1, 0.15) is 11.2 Å². The molecule has 2 heterocycles. The highest BCUT2D eigenvalue weighted by Gasteiger charge is 2.31. The van der Waals surface area contributed by atoms with Crippen molar-refractivity contribution in [3.63, 3.8) is 0 Å². The first-order valence-corrected chi connectivity index (χ1v) is 6.29. The largest absolute Gasteiger partial charge is 0.350 e. The van der Waals surface area contributed by atoms with Crippen LogP contribution in [0.5, 0.6) is 0 Å². The van der Waals surface area contributed by atoms with E-state index in [-0.39, 0.29) is 5.54 Å². The van der Waals surface area contributed by atoms with E-state index in [0.29, 0.717) is 12.3 Å². The second-order valence-corrected chi connectivity index (χ2v) is 4.66. The molecule has 2 aromatic rings. The summed E-state index contributed by atoms with van der Waals surface area (Å²) in [6.45, 7) is 4.03. The fraction of sp³-hybridized carbons (Fsp3) is 0.200. The Hall–Kier alpha value is -2.23. The first-order valence-electron chi connectivity index (χ1n) is 6.29. The third-order valence-electron chi connectivity index (χ3n) is 3.27. The van der Waals surface area contributed by atoms with Crippen molar-refractivity contribution in [2.45, 2.75) is 18.4 Å². The second kappa shape index (κ2) is 4.80. The van der Waals surface area contributed by atoms with Gasteiger partial charge < -0.3 is 4.98 Å². The number of rotatable bonds is 4. The van der Waals surface area contributed by atoms with Gasteiger partial charge in [0.25, 0.3) is 0 Å². The number of hydrogen-bond donors (Lipinski definition) is 1. The smallest absolute Gasteiger partial charge is 0.175 e. The summed E-state index contributed by atoms with van der Waals surface area (Å²) in [5.41, 5.74) is 1.68. The molecule has 0 fully saturated rings. The van der Waals surface area contributed by atoms with Crippen molar-refractivity contribution in [1.82, 2.24) is 9.97 Å². The van der Waals surface area contributed by atoms with Crippen molar-refractivity contribution in [3.05, 3.63) is 61.0 Å². The van der Waals surface area contributed by atoms with E-state index < -0.39 is 0 Å². The van der Waals surface area contributed by atoms with Crippen LogP contribution in [-0.4, -0.2) is 27.6 Å². The molecule has 1 N–H and O–H groups in total. The van der Waals surface area contributed by atoms with Crippen LogP contribution in [0.4, 0.5) is 0 Å². The zero-order chi connectivity index (χ0) is 13.1. The van der Waals surface area contributed by atoms with Crippen molar-refractivity contribution < 1.29 is 0 Å². The summed E-state index contributed by atoms with van der Waals surface area (Å²) in [4.78, 5) is 16.2. The Balaban J connectivity index is 1.88. The normalized spacial score (nSPS) is 21.6. The fourth-order valence-corrected chi connectivity index (χ4v) is 2.20. The van der Waals surface area contributed by atoms with Crippen molar-refractivity contribution in [2.75, 3.05) is 0 Å². The molecule has 3 rings (SSSR count). The zero-order valence-electron chi connectivity index (χ0n) is 10.6. The van der Waals surface area contributed by atoms with Crippen molar-refractivity contribution in [2.24, 2.45) is 9.98 Å². The van der Waals surface area contributed by atoms with Crippen LogP contribution in [0.2, 0.25) is 0 Å². The molecule has 0 saturated heterocycles. The molecule has 1 aromatic carbocycles. The third kappa shape index (κ3) is 2.34. The number of aromatic nitrogens is 2. The van der Waals surface area contributed by atoms with Gasteiger partial charge in [0.15, 0.2) is 5.84 Å². The highest BCUT2D eigenvalue weighted by atomic mass is 15.1. The average Bonchev–Trinajstić information content (AvgIpc) is 3.09. The van der Waals surface area contributed by atoms with Gasteiger partial charge in [-0.2, -0.15) is 0 Å². The van der Waals surface area contributed by atoms with Gasteiger partial charge in [-0.3, -0.25) is 4.99 Å². The highest BCUT2D eigenvalue weighted by Crippen LogP contribution is 2.25. The first kappa shape index (κ1) is 11.8.